The number of hydrogen-bond donors (Lipinski definition) is 2. The summed E-state index contributed by atoms with van der Waals surface area (Å²) >= 11 is 1.30. The predicted molar refractivity (Wildman–Crippen MR) is 96.3 cm³/mol. The fourth-order valence-electron chi connectivity index (χ4n) is 2.11. The summed E-state index contributed by atoms with van der Waals surface area (Å²) in [6.07, 6.45) is 5.29. The van der Waals surface area contributed by atoms with Gasteiger partial charge >= 0.3 is 0 Å². The Morgan fingerprint density at radius 3 is 2.67 bits per heavy atom. The normalized spacial score (nSPS) is 12.7. The molecule has 7 heteroatoms. The van der Waals surface area contributed by atoms with E-state index in [4.69, 9.17) is 0 Å². The summed E-state index contributed by atoms with van der Waals surface area (Å²) in [6, 6.07) is 1.81. The summed E-state index contributed by atoms with van der Waals surface area (Å²) in [5.41, 5.74) is 0.385. The highest BCUT2D eigenvalue weighted by atomic mass is 32.1. The summed E-state index contributed by atoms with van der Waals surface area (Å²) in [4.78, 5) is 29.1. The first-order valence-electron chi connectivity index (χ1n) is 7.85. The second-order valence-corrected chi connectivity index (χ2v) is 8.01. The molecule has 0 aliphatic heterocycles. The molecule has 24 heavy (non-hydrogen) atoms. The van der Waals surface area contributed by atoms with E-state index in [1.807, 2.05) is 51.4 Å². The third-order valence-electron chi connectivity index (χ3n) is 3.46. The molecule has 0 aliphatic carbocycles. The Bertz CT molecular complexity index is 714. The van der Waals surface area contributed by atoms with Gasteiger partial charge in [0.2, 0.25) is 5.91 Å². The number of imidazole rings is 1. The fourth-order valence-corrected chi connectivity index (χ4v) is 3.09. The molecule has 0 radical (unpaired) electrons. The topological polar surface area (TPSA) is 76.0 Å². The zero-order chi connectivity index (χ0) is 17.9. The molecule has 2 aromatic heterocycles. The number of thiophene rings is 1. The van der Waals surface area contributed by atoms with Gasteiger partial charge in [-0.15, -0.1) is 11.3 Å². The van der Waals surface area contributed by atoms with Gasteiger partial charge in [-0.1, -0.05) is 20.8 Å². The van der Waals surface area contributed by atoms with Gasteiger partial charge in [-0.25, -0.2) is 4.98 Å². The second kappa shape index (κ2) is 7.17. The molecule has 1 atom stereocenters. The number of nitrogens with one attached hydrogen (secondary N) is 2. The first-order valence-corrected chi connectivity index (χ1v) is 8.67. The van der Waals surface area contributed by atoms with Crippen molar-refractivity contribution < 1.29 is 9.59 Å². The van der Waals surface area contributed by atoms with Gasteiger partial charge in [0.1, 0.15) is 0 Å². The molecule has 1 unspecified atom stereocenters. The molecule has 2 heterocycles. The first kappa shape index (κ1) is 18.2. The summed E-state index contributed by atoms with van der Waals surface area (Å²) in [5, 5.41) is 6.55. The van der Waals surface area contributed by atoms with Gasteiger partial charge < -0.3 is 15.2 Å². The van der Waals surface area contributed by atoms with Crippen molar-refractivity contribution in [3.05, 3.63) is 35.2 Å². The van der Waals surface area contributed by atoms with Crippen molar-refractivity contribution >= 4 is 28.2 Å². The van der Waals surface area contributed by atoms with E-state index >= 15 is 0 Å². The van der Waals surface area contributed by atoms with E-state index in [1.165, 1.54) is 11.3 Å². The quantitative estimate of drug-likeness (QED) is 0.872. The molecule has 0 spiro atoms. The minimum atomic E-state index is -0.473. The molecule has 0 saturated carbocycles. The van der Waals surface area contributed by atoms with Gasteiger partial charge in [0.25, 0.3) is 5.91 Å². The minimum Gasteiger partial charge on any atom is -0.347 e. The lowest BCUT2D eigenvalue weighted by atomic mass is 9.96. The summed E-state index contributed by atoms with van der Waals surface area (Å²) in [6.45, 7) is 10.0. The molecular weight excluding hydrogens is 324 g/mol. The Labute approximate surface area is 146 Å². The van der Waals surface area contributed by atoms with E-state index in [0.29, 0.717) is 16.4 Å². The molecule has 2 rings (SSSR count). The van der Waals surface area contributed by atoms with Crippen molar-refractivity contribution in [2.24, 2.45) is 5.41 Å². The van der Waals surface area contributed by atoms with E-state index in [0.717, 1.165) is 5.56 Å². The molecule has 0 fully saturated rings. The molecule has 2 N–H and O–H groups in total. The van der Waals surface area contributed by atoms with Crippen LogP contribution in [0.1, 0.15) is 42.9 Å². The number of hydrogen-bond acceptors (Lipinski definition) is 4. The van der Waals surface area contributed by atoms with Crippen LogP contribution in [0.5, 0.6) is 0 Å². The monoisotopic (exact) mass is 348 g/mol. The highest BCUT2D eigenvalue weighted by Gasteiger charge is 2.23. The Morgan fingerprint density at radius 2 is 2.08 bits per heavy atom. The smallest absolute Gasteiger partial charge is 0.261 e. The number of carbonyl (C=O) groups is 2. The van der Waals surface area contributed by atoms with Gasteiger partial charge in [-0.05, 0) is 25.5 Å². The van der Waals surface area contributed by atoms with Gasteiger partial charge in [0.05, 0.1) is 16.2 Å². The average Bonchev–Trinajstić information content (AvgIpc) is 3.07. The van der Waals surface area contributed by atoms with E-state index in [1.54, 1.807) is 12.5 Å². The standard InChI is InChI=1S/C17H24N4O2S/c1-11-8-13(20-16(23)17(3,4)5)24-14(11)15(22)19-12(2)9-21-7-6-18-10-21/h6-8,10,12H,9H2,1-5H3,(H,19,22)(H,20,23). The Morgan fingerprint density at radius 1 is 1.38 bits per heavy atom. The minimum absolute atomic E-state index is 0.0270. The summed E-state index contributed by atoms with van der Waals surface area (Å²) < 4.78 is 1.92. The summed E-state index contributed by atoms with van der Waals surface area (Å²) in [7, 11) is 0. The number of aryl methyl sites for hydroxylation is 1. The third kappa shape index (κ3) is 4.67. The Hall–Kier alpha value is -2.15. The van der Waals surface area contributed by atoms with Crippen molar-refractivity contribution in [2.75, 3.05) is 5.32 Å². The number of anilines is 1. The van der Waals surface area contributed by atoms with Crippen molar-refractivity contribution in [2.45, 2.75) is 47.2 Å². The molecule has 0 aromatic carbocycles. The highest BCUT2D eigenvalue weighted by Crippen LogP contribution is 2.28. The maximum absolute atomic E-state index is 12.5. The first-order chi connectivity index (χ1) is 11.2. The van der Waals surface area contributed by atoms with Crippen LogP contribution in [0.2, 0.25) is 0 Å². The fraction of sp³-hybridized carbons (Fsp3) is 0.471. The van der Waals surface area contributed by atoms with Gasteiger partial charge in [-0.2, -0.15) is 0 Å². The van der Waals surface area contributed by atoms with E-state index in [9.17, 15) is 9.59 Å². The highest BCUT2D eigenvalue weighted by molar-refractivity contribution is 7.18. The van der Waals surface area contributed by atoms with Crippen LogP contribution in [0.15, 0.2) is 24.8 Å². The average molecular weight is 348 g/mol. The number of aromatic nitrogens is 2. The Kier molecular flexibility index (Phi) is 5.43. The third-order valence-corrected chi connectivity index (χ3v) is 4.61. The molecule has 0 bridgehead atoms. The van der Waals surface area contributed by atoms with Crippen LogP contribution in [0.4, 0.5) is 5.00 Å². The lowest BCUT2D eigenvalue weighted by Crippen LogP contribution is -2.35. The van der Waals surface area contributed by atoms with Crippen molar-refractivity contribution in [3.8, 4) is 0 Å². The molecule has 6 nitrogen and oxygen atoms in total. The second-order valence-electron chi connectivity index (χ2n) is 6.96. The molecule has 0 saturated heterocycles. The summed E-state index contributed by atoms with van der Waals surface area (Å²) in [5.74, 6) is -0.189. The maximum Gasteiger partial charge on any atom is 0.261 e. The van der Waals surface area contributed by atoms with Crippen LogP contribution >= 0.6 is 11.3 Å². The van der Waals surface area contributed by atoms with Gasteiger partial charge in [-0.3, -0.25) is 9.59 Å². The van der Waals surface area contributed by atoms with Crippen LogP contribution in [0.25, 0.3) is 0 Å². The molecule has 130 valence electrons. The largest absolute Gasteiger partial charge is 0.347 e. The number of rotatable bonds is 5. The maximum atomic E-state index is 12.5. The molecule has 2 amide bonds. The Balaban J connectivity index is 2.01. The van der Waals surface area contributed by atoms with Crippen molar-refractivity contribution in [1.82, 2.24) is 14.9 Å². The predicted octanol–water partition coefficient (Wildman–Crippen LogP) is 3.06. The van der Waals surface area contributed by atoms with Crippen molar-refractivity contribution in [3.63, 3.8) is 0 Å². The van der Waals surface area contributed by atoms with Crippen LogP contribution in [-0.2, 0) is 11.3 Å². The number of carbonyl (C=O) groups excluding carboxylic acids is 2. The van der Waals surface area contributed by atoms with Crippen molar-refractivity contribution in [1.29, 1.82) is 0 Å². The van der Waals surface area contributed by atoms with Gasteiger partial charge in [0.15, 0.2) is 0 Å². The van der Waals surface area contributed by atoms with Crippen LogP contribution < -0.4 is 10.6 Å². The lowest BCUT2D eigenvalue weighted by Gasteiger charge is -2.16. The SMILES string of the molecule is Cc1cc(NC(=O)C(C)(C)C)sc1C(=O)NC(C)Cn1ccnc1. The van der Waals surface area contributed by atoms with Crippen LogP contribution in [0, 0.1) is 12.3 Å². The van der Waals surface area contributed by atoms with E-state index < -0.39 is 5.41 Å². The zero-order valence-corrected chi connectivity index (χ0v) is 15.5. The number of amides is 2. The van der Waals surface area contributed by atoms with Gasteiger partial charge in [0, 0.05) is 30.4 Å². The zero-order valence-electron chi connectivity index (χ0n) is 14.7. The lowest BCUT2D eigenvalue weighted by molar-refractivity contribution is -0.123. The van der Waals surface area contributed by atoms with Crippen LogP contribution in [0.3, 0.4) is 0 Å². The van der Waals surface area contributed by atoms with Crippen LogP contribution in [-0.4, -0.2) is 27.4 Å². The number of nitrogens with zero attached hydrogens (tertiary/aromatic N) is 2. The van der Waals surface area contributed by atoms with E-state index in [2.05, 4.69) is 15.6 Å². The van der Waals surface area contributed by atoms with E-state index in [-0.39, 0.29) is 17.9 Å². The molecule has 0 aliphatic rings. The molecular formula is C17H24N4O2S. The molecule has 2 aromatic rings.